The number of amides is 1. The molecule has 5 heteroatoms. The van der Waals surface area contributed by atoms with Crippen molar-refractivity contribution in [1.82, 2.24) is 4.98 Å². The molecule has 1 aromatic heterocycles. The first-order chi connectivity index (χ1) is 10.1. The van der Waals surface area contributed by atoms with Gasteiger partial charge in [0.2, 0.25) is 5.91 Å². The lowest BCUT2D eigenvalue weighted by Crippen LogP contribution is -2.09. The molecule has 0 radical (unpaired) electrons. The van der Waals surface area contributed by atoms with Gasteiger partial charge in [0.15, 0.2) is 0 Å². The average molecular weight is 286 g/mol. The number of nitrogens with zero attached hydrogens (tertiary/aromatic N) is 1. The van der Waals surface area contributed by atoms with Crippen LogP contribution in [0, 0.1) is 5.82 Å². The molecule has 0 saturated heterocycles. The largest absolute Gasteiger partial charge is 0.390 e. The van der Waals surface area contributed by atoms with Crippen molar-refractivity contribution in [2.45, 2.75) is 13.5 Å². The maximum atomic E-state index is 13.1. The Morgan fingerprint density at radius 3 is 2.90 bits per heavy atom. The van der Waals surface area contributed by atoms with E-state index in [1.54, 1.807) is 31.2 Å². The minimum absolute atomic E-state index is 0.193. The zero-order chi connectivity index (χ0) is 15.2. The molecule has 4 nitrogen and oxygen atoms in total. The van der Waals surface area contributed by atoms with Crippen LogP contribution in [0.3, 0.4) is 0 Å². The zero-order valence-electron chi connectivity index (χ0n) is 11.5. The molecule has 0 aliphatic rings. The van der Waals surface area contributed by atoms with Gasteiger partial charge in [-0.05, 0) is 42.3 Å². The molecule has 0 bridgehead atoms. The number of aliphatic hydroxyl groups excluding tert-OH is 1. The van der Waals surface area contributed by atoms with Gasteiger partial charge in [-0.1, -0.05) is 12.1 Å². The maximum absolute atomic E-state index is 13.1. The molecule has 0 fully saturated rings. The molecule has 1 aromatic carbocycles. The maximum Gasteiger partial charge on any atom is 0.248 e. The fourth-order valence-corrected chi connectivity index (χ4v) is 1.83. The highest BCUT2D eigenvalue weighted by Gasteiger charge is 2.03. The molecule has 1 heterocycles. The van der Waals surface area contributed by atoms with Crippen LogP contribution in [0.2, 0.25) is 0 Å². The summed E-state index contributed by atoms with van der Waals surface area (Å²) in [7, 11) is 0. The van der Waals surface area contributed by atoms with Gasteiger partial charge in [0.1, 0.15) is 5.82 Å². The highest BCUT2D eigenvalue weighted by Crippen LogP contribution is 2.15. The van der Waals surface area contributed by atoms with Crippen molar-refractivity contribution in [3.05, 3.63) is 65.7 Å². The van der Waals surface area contributed by atoms with Gasteiger partial charge in [-0.25, -0.2) is 4.39 Å². The van der Waals surface area contributed by atoms with E-state index in [-0.39, 0.29) is 18.3 Å². The molecule has 2 rings (SSSR count). The lowest BCUT2D eigenvalue weighted by molar-refractivity contribution is -0.111. The van der Waals surface area contributed by atoms with E-state index in [9.17, 15) is 9.18 Å². The number of allylic oxidation sites excluding steroid dienone is 1. The quantitative estimate of drug-likeness (QED) is 0.850. The van der Waals surface area contributed by atoms with Crippen molar-refractivity contribution in [2.75, 3.05) is 5.32 Å². The topological polar surface area (TPSA) is 62.2 Å². The Bertz CT molecular complexity index is 683. The molecular weight excluding hydrogens is 271 g/mol. The second-order valence-corrected chi connectivity index (χ2v) is 4.52. The van der Waals surface area contributed by atoms with Gasteiger partial charge in [0, 0.05) is 18.0 Å². The number of aromatic nitrogens is 1. The summed E-state index contributed by atoms with van der Waals surface area (Å²) in [6.07, 6.45) is 2.90. The molecule has 2 N–H and O–H groups in total. The van der Waals surface area contributed by atoms with E-state index in [2.05, 4.69) is 10.3 Å². The van der Waals surface area contributed by atoms with E-state index < -0.39 is 0 Å². The van der Waals surface area contributed by atoms with E-state index in [0.717, 1.165) is 0 Å². The number of hydrogen-bond donors (Lipinski definition) is 2. The first kappa shape index (κ1) is 14.9. The highest BCUT2D eigenvalue weighted by atomic mass is 19.1. The van der Waals surface area contributed by atoms with Crippen LogP contribution in [0.4, 0.5) is 10.1 Å². The van der Waals surface area contributed by atoms with Crippen LogP contribution in [0.1, 0.15) is 18.2 Å². The van der Waals surface area contributed by atoms with Crippen molar-refractivity contribution < 1.29 is 14.3 Å². The molecule has 108 valence electrons. The minimum Gasteiger partial charge on any atom is -0.390 e. The summed E-state index contributed by atoms with van der Waals surface area (Å²) in [4.78, 5) is 15.8. The highest BCUT2D eigenvalue weighted by molar-refractivity contribution is 6.03. The number of halogens is 1. The van der Waals surface area contributed by atoms with Crippen LogP contribution in [0.25, 0.3) is 5.57 Å². The monoisotopic (exact) mass is 286 g/mol. The summed E-state index contributed by atoms with van der Waals surface area (Å²) in [6.45, 7) is 1.54. The number of carbonyl (C=O) groups is 1. The van der Waals surface area contributed by atoms with Gasteiger partial charge in [-0.2, -0.15) is 0 Å². The second kappa shape index (κ2) is 6.76. The number of rotatable bonds is 4. The standard InChI is InChI=1S/C16H15FN2O2/c1-11(12-3-2-4-13(17)8-12)7-16(21)19-14-5-6-18-15(9-14)10-20/h2-9,20H,10H2,1H3,(H,18,19,21). The van der Waals surface area contributed by atoms with E-state index in [0.29, 0.717) is 22.5 Å². The molecule has 2 aromatic rings. The van der Waals surface area contributed by atoms with Crippen LogP contribution in [0.5, 0.6) is 0 Å². The van der Waals surface area contributed by atoms with Crippen LogP contribution in [0.15, 0.2) is 48.7 Å². The van der Waals surface area contributed by atoms with Crippen molar-refractivity contribution in [1.29, 1.82) is 0 Å². The minimum atomic E-state index is -0.345. The van der Waals surface area contributed by atoms with Crippen LogP contribution < -0.4 is 5.32 Å². The SMILES string of the molecule is CC(=CC(=O)Nc1ccnc(CO)c1)c1cccc(F)c1. The van der Waals surface area contributed by atoms with Gasteiger partial charge in [0.05, 0.1) is 12.3 Å². The summed E-state index contributed by atoms with van der Waals surface area (Å²) >= 11 is 0. The molecule has 21 heavy (non-hydrogen) atoms. The Labute approximate surface area is 122 Å². The number of pyridine rings is 1. The van der Waals surface area contributed by atoms with E-state index in [1.807, 2.05) is 0 Å². The summed E-state index contributed by atoms with van der Waals surface area (Å²) in [5, 5.41) is 11.7. The molecule has 0 atom stereocenters. The third kappa shape index (κ3) is 4.22. The van der Waals surface area contributed by atoms with Gasteiger partial charge < -0.3 is 10.4 Å². The molecule has 0 aliphatic heterocycles. The molecule has 1 amide bonds. The lowest BCUT2D eigenvalue weighted by Gasteiger charge is -2.05. The number of benzene rings is 1. The Morgan fingerprint density at radius 2 is 2.19 bits per heavy atom. The molecule has 0 aliphatic carbocycles. The normalized spacial score (nSPS) is 11.3. The van der Waals surface area contributed by atoms with Gasteiger partial charge in [0.25, 0.3) is 0 Å². The van der Waals surface area contributed by atoms with E-state index >= 15 is 0 Å². The predicted molar refractivity (Wildman–Crippen MR) is 78.8 cm³/mol. The van der Waals surface area contributed by atoms with Gasteiger partial charge in [-0.3, -0.25) is 9.78 Å². The Kier molecular flexibility index (Phi) is 4.79. The molecule has 0 spiro atoms. The number of nitrogens with one attached hydrogen (secondary N) is 1. The summed E-state index contributed by atoms with van der Waals surface area (Å²) in [6, 6.07) is 9.26. The Balaban J connectivity index is 2.11. The van der Waals surface area contributed by atoms with Crippen molar-refractivity contribution in [3.8, 4) is 0 Å². The zero-order valence-corrected chi connectivity index (χ0v) is 11.5. The van der Waals surface area contributed by atoms with Crippen LogP contribution in [-0.4, -0.2) is 16.0 Å². The molecule has 0 saturated carbocycles. The summed E-state index contributed by atoms with van der Waals surface area (Å²) in [5.74, 6) is -0.672. The number of carbonyl (C=O) groups excluding carboxylic acids is 1. The number of anilines is 1. The number of hydrogen-bond acceptors (Lipinski definition) is 3. The second-order valence-electron chi connectivity index (χ2n) is 4.52. The van der Waals surface area contributed by atoms with E-state index in [4.69, 9.17) is 5.11 Å². The van der Waals surface area contributed by atoms with Crippen molar-refractivity contribution >= 4 is 17.2 Å². The van der Waals surface area contributed by atoms with Crippen LogP contribution >= 0.6 is 0 Å². The van der Waals surface area contributed by atoms with Crippen molar-refractivity contribution in [2.24, 2.45) is 0 Å². The average Bonchev–Trinajstić information content (AvgIpc) is 2.47. The van der Waals surface area contributed by atoms with Gasteiger partial charge >= 0.3 is 0 Å². The molecular formula is C16H15FN2O2. The van der Waals surface area contributed by atoms with Gasteiger partial charge in [-0.15, -0.1) is 0 Å². The third-order valence-corrected chi connectivity index (χ3v) is 2.87. The molecule has 0 unspecified atom stereocenters. The fraction of sp³-hybridized carbons (Fsp3) is 0.125. The Morgan fingerprint density at radius 1 is 1.38 bits per heavy atom. The summed E-state index contributed by atoms with van der Waals surface area (Å²) < 4.78 is 13.1. The predicted octanol–water partition coefficient (Wildman–Crippen LogP) is 2.76. The van der Waals surface area contributed by atoms with E-state index in [1.165, 1.54) is 24.4 Å². The lowest BCUT2D eigenvalue weighted by atomic mass is 10.1. The number of aliphatic hydroxyl groups is 1. The Hall–Kier alpha value is -2.53. The van der Waals surface area contributed by atoms with Crippen molar-refractivity contribution in [3.63, 3.8) is 0 Å². The first-order valence-corrected chi connectivity index (χ1v) is 6.39. The third-order valence-electron chi connectivity index (χ3n) is 2.87. The first-order valence-electron chi connectivity index (χ1n) is 6.39. The van der Waals surface area contributed by atoms with Crippen LogP contribution in [-0.2, 0) is 11.4 Å². The smallest absolute Gasteiger partial charge is 0.248 e. The summed E-state index contributed by atoms with van der Waals surface area (Å²) in [5.41, 5.74) is 2.32. The fourth-order valence-electron chi connectivity index (χ4n) is 1.83.